The van der Waals surface area contributed by atoms with Crippen LogP contribution in [-0.2, 0) is 27.5 Å². The highest BCUT2D eigenvalue weighted by Gasteiger charge is 2.40. The summed E-state index contributed by atoms with van der Waals surface area (Å²) in [6.45, 7) is 1.76. The van der Waals surface area contributed by atoms with Gasteiger partial charge in [0.25, 0.3) is 0 Å². The van der Waals surface area contributed by atoms with E-state index in [1.165, 1.54) is 12.1 Å². The summed E-state index contributed by atoms with van der Waals surface area (Å²) in [5, 5.41) is 1.94. The van der Waals surface area contributed by atoms with Crippen molar-refractivity contribution in [3.63, 3.8) is 0 Å². The molecule has 1 aromatic carbocycles. The van der Waals surface area contributed by atoms with Crippen molar-refractivity contribution in [2.45, 2.75) is 43.3 Å². The highest BCUT2D eigenvalue weighted by molar-refractivity contribution is 7.91. The molecule has 0 radical (unpaired) electrons. The Bertz CT molecular complexity index is 683. The van der Waals surface area contributed by atoms with Crippen molar-refractivity contribution < 1.29 is 26.4 Å². The van der Waals surface area contributed by atoms with Crippen LogP contribution >= 0.6 is 0 Å². The van der Waals surface area contributed by atoms with Crippen LogP contribution in [0.1, 0.15) is 24.5 Å². The molecule has 0 heterocycles. The number of hydrogen-bond acceptors (Lipinski definition) is 3. The van der Waals surface area contributed by atoms with E-state index in [1.54, 1.807) is 13.0 Å². The third-order valence-corrected chi connectivity index (χ3v) is 5.45. The summed E-state index contributed by atoms with van der Waals surface area (Å²) in [5.74, 6) is -1.94. The van der Waals surface area contributed by atoms with Gasteiger partial charge in [0.2, 0.25) is 0 Å². The molecule has 1 aliphatic carbocycles. The van der Waals surface area contributed by atoms with Crippen molar-refractivity contribution in [2.24, 2.45) is 0 Å². The normalized spacial score (nSPS) is 18.1. The largest absolute Gasteiger partial charge is 0.471 e. The zero-order valence-corrected chi connectivity index (χ0v) is 12.7. The van der Waals surface area contributed by atoms with Gasteiger partial charge < -0.3 is 5.32 Å². The second kappa shape index (κ2) is 5.91. The molecule has 1 unspecified atom stereocenters. The maximum absolute atomic E-state index is 12.2. The van der Waals surface area contributed by atoms with Crippen LogP contribution in [0.4, 0.5) is 13.2 Å². The van der Waals surface area contributed by atoms with Gasteiger partial charge in [-0.05, 0) is 42.5 Å². The average molecular weight is 335 g/mol. The molecule has 122 valence electrons. The smallest absolute Gasteiger partial charge is 0.345 e. The molecule has 1 amide bonds. The van der Waals surface area contributed by atoms with E-state index in [4.69, 9.17) is 0 Å². The van der Waals surface area contributed by atoms with Gasteiger partial charge in [0.15, 0.2) is 9.84 Å². The minimum atomic E-state index is -4.91. The van der Waals surface area contributed by atoms with Crippen molar-refractivity contribution in [3.8, 4) is 0 Å². The van der Waals surface area contributed by atoms with Gasteiger partial charge in [0.1, 0.15) is 0 Å². The fraction of sp³-hybridized carbons (Fsp3) is 0.500. The Morgan fingerprint density at radius 1 is 1.27 bits per heavy atom. The molecule has 4 nitrogen and oxygen atoms in total. The number of nitrogens with one attached hydrogen (secondary N) is 1. The first kappa shape index (κ1) is 16.8. The third kappa shape index (κ3) is 3.60. The molecule has 22 heavy (non-hydrogen) atoms. The molecule has 1 aliphatic rings. The van der Waals surface area contributed by atoms with Crippen molar-refractivity contribution >= 4 is 15.7 Å². The average Bonchev–Trinajstić information content (AvgIpc) is 2.78. The van der Waals surface area contributed by atoms with Gasteiger partial charge in [-0.1, -0.05) is 13.0 Å². The number of carbonyl (C=O) groups is 1. The monoisotopic (exact) mass is 335 g/mol. The molecular weight excluding hydrogens is 319 g/mol. The van der Waals surface area contributed by atoms with Gasteiger partial charge in [-0.25, -0.2) is 8.42 Å². The predicted molar refractivity (Wildman–Crippen MR) is 74.2 cm³/mol. The van der Waals surface area contributed by atoms with Crippen LogP contribution in [0.5, 0.6) is 0 Å². The highest BCUT2D eigenvalue weighted by Crippen LogP contribution is 2.26. The van der Waals surface area contributed by atoms with E-state index >= 15 is 0 Å². The first-order chi connectivity index (χ1) is 10.1. The van der Waals surface area contributed by atoms with Crippen LogP contribution in [0.25, 0.3) is 0 Å². The zero-order chi connectivity index (χ0) is 16.5. The van der Waals surface area contributed by atoms with E-state index in [9.17, 15) is 26.4 Å². The van der Waals surface area contributed by atoms with E-state index in [2.05, 4.69) is 0 Å². The number of hydrogen-bond donors (Lipinski definition) is 1. The molecule has 8 heteroatoms. The van der Waals surface area contributed by atoms with Crippen LogP contribution < -0.4 is 5.32 Å². The van der Waals surface area contributed by atoms with Crippen LogP contribution in [-0.4, -0.2) is 32.3 Å². The highest BCUT2D eigenvalue weighted by atomic mass is 32.2. The number of sulfone groups is 1. The lowest BCUT2D eigenvalue weighted by Crippen LogP contribution is -2.43. The lowest BCUT2D eigenvalue weighted by molar-refractivity contribution is -0.174. The summed E-state index contributed by atoms with van der Waals surface area (Å²) in [6.07, 6.45) is -3.95. The number of alkyl halides is 3. The minimum absolute atomic E-state index is 0.0278. The Balaban J connectivity index is 2.14. The molecule has 0 saturated heterocycles. The number of fused-ring (bicyclic) bond motifs is 1. The van der Waals surface area contributed by atoms with E-state index in [-0.39, 0.29) is 23.5 Å². The van der Waals surface area contributed by atoms with Crippen LogP contribution in [0.15, 0.2) is 23.1 Å². The zero-order valence-electron chi connectivity index (χ0n) is 11.9. The Kier molecular flexibility index (Phi) is 4.51. The van der Waals surface area contributed by atoms with Crippen molar-refractivity contribution in [3.05, 3.63) is 29.3 Å². The summed E-state index contributed by atoms with van der Waals surface area (Å²) in [4.78, 5) is 11.1. The lowest BCUT2D eigenvalue weighted by Gasteiger charge is -2.13. The molecule has 0 fully saturated rings. The van der Waals surface area contributed by atoms with Crippen molar-refractivity contribution in [1.29, 1.82) is 0 Å². The molecule has 1 aromatic rings. The van der Waals surface area contributed by atoms with E-state index < -0.39 is 28.0 Å². The second-order valence-electron chi connectivity index (χ2n) is 5.33. The maximum atomic E-state index is 12.2. The minimum Gasteiger partial charge on any atom is -0.345 e. The van der Waals surface area contributed by atoms with Gasteiger partial charge in [0, 0.05) is 6.04 Å². The Morgan fingerprint density at radius 2 is 1.91 bits per heavy atom. The topological polar surface area (TPSA) is 63.2 Å². The maximum Gasteiger partial charge on any atom is 0.471 e. The molecule has 0 aliphatic heterocycles. The quantitative estimate of drug-likeness (QED) is 0.916. The first-order valence-electron chi connectivity index (χ1n) is 6.85. The number of benzene rings is 1. The summed E-state index contributed by atoms with van der Waals surface area (Å²) >= 11 is 0. The van der Waals surface area contributed by atoms with Crippen LogP contribution in [0, 0.1) is 0 Å². The Labute approximate surface area is 126 Å². The molecular formula is C14H16F3NO3S. The number of amides is 1. The van der Waals surface area contributed by atoms with Gasteiger partial charge in [0.05, 0.1) is 10.6 Å². The van der Waals surface area contributed by atoms with Crippen molar-refractivity contribution in [1.82, 2.24) is 5.32 Å². The fourth-order valence-electron chi connectivity index (χ4n) is 2.54. The Hall–Kier alpha value is -1.57. The predicted octanol–water partition coefficient (Wildman–Crippen LogP) is 2.02. The first-order valence-corrected chi connectivity index (χ1v) is 8.51. The van der Waals surface area contributed by atoms with E-state index in [0.717, 1.165) is 5.56 Å². The molecule has 0 saturated carbocycles. The molecule has 0 aromatic heterocycles. The summed E-state index contributed by atoms with van der Waals surface area (Å²) in [6, 6.07) is 3.92. The molecule has 1 atom stereocenters. The number of carbonyl (C=O) groups excluding carboxylic acids is 1. The lowest BCUT2D eigenvalue weighted by atomic mass is 10.1. The van der Waals surface area contributed by atoms with Gasteiger partial charge >= 0.3 is 12.1 Å². The van der Waals surface area contributed by atoms with Gasteiger partial charge in [-0.15, -0.1) is 0 Å². The summed E-state index contributed by atoms with van der Waals surface area (Å²) in [7, 11) is -3.36. The fourth-order valence-corrected chi connectivity index (χ4v) is 3.91. The number of halogens is 3. The molecule has 0 bridgehead atoms. The molecule has 1 N–H and O–H groups in total. The summed E-state index contributed by atoms with van der Waals surface area (Å²) < 4.78 is 60.7. The van der Waals surface area contributed by atoms with Gasteiger partial charge in [-0.2, -0.15) is 13.2 Å². The van der Waals surface area contributed by atoms with E-state index in [0.29, 0.717) is 12.0 Å². The van der Waals surface area contributed by atoms with E-state index in [1.807, 2.05) is 5.32 Å². The van der Waals surface area contributed by atoms with Crippen LogP contribution in [0.3, 0.4) is 0 Å². The number of rotatable bonds is 4. The van der Waals surface area contributed by atoms with Gasteiger partial charge in [-0.3, -0.25) is 4.79 Å². The Morgan fingerprint density at radius 3 is 2.50 bits per heavy atom. The third-order valence-electron chi connectivity index (χ3n) is 3.54. The van der Waals surface area contributed by atoms with Crippen LogP contribution in [0.2, 0.25) is 0 Å². The standard InChI is InChI=1S/C14H16F3NO3S/c1-2-5-22(20,21)12-4-3-9-6-11(7-10(9)8-12)18-13(19)14(15,16)17/h3-4,8,11H,2,5-7H2,1H3,(H,18,19). The van der Waals surface area contributed by atoms with Crippen molar-refractivity contribution in [2.75, 3.05) is 5.75 Å². The summed E-state index contributed by atoms with van der Waals surface area (Å²) in [5.41, 5.74) is 1.44. The SMILES string of the molecule is CCCS(=O)(=O)c1ccc2c(c1)CC(NC(=O)C(F)(F)F)C2. The second-order valence-corrected chi connectivity index (χ2v) is 7.43. The molecule has 2 rings (SSSR count). The molecule has 0 spiro atoms.